The SMILES string of the molecule is CCN(C)CCNc1nnc(Cl)c(C)c1C. The Morgan fingerprint density at radius 3 is 2.56 bits per heavy atom. The number of rotatable bonds is 5. The van der Waals surface area contributed by atoms with Gasteiger partial charge < -0.3 is 10.2 Å². The number of anilines is 1. The maximum atomic E-state index is 5.88. The molecule has 90 valence electrons. The first kappa shape index (κ1) is 13.2. The Kier molecular flexibility index (Phi) is 4.96. The van der Waals surface area contributed by atoms with Crippen LogP contribution in [0.2, 0.25) is 5.15 Å². The second-order valence-corrected chi connectivity index (χ2v) is 4.27. The number of nitrogens with zero attached hydrogens (tertiary/aromatic N) is 3. The molecule has 0 aliphatic heterocycles. The Bertz CT molecular complexity index is 354. The third kappa shape index (κ3) is 3.32. The predicted octanol–water partition coefficient (Wildman–Crippen LogP) is 2.11. The summed E-state index contributed by atoms with van der Waals surface area (Å²) in [5.41, 5.74) is 2.06. The molecule has 1 rings (SSSR count). The summed E-state index contributed by atoms with van der Waals surface area (Å²) in [6.07, 6.45) is 0. The molecule has 0 saturated carbocycles. The van der Waals surface area contributed by atoms with E-state index in [1.807, 2.05) is 13.8 Å². The molecule has 1 heterocycles. The van der Waals surface area contributed by atoms with Gasteiger partial charge in [0.25, 0.3) is 0 Å². The van der Waals surface area contributed by atoms with E-state index in [0.717, 1.165) is 36.6 Å². The van der Waals surface area contributed by atoms with Crippen LogP contribution >= 0.6 is 11.6 Å². The van der Waals surface area contributed by atoms with Gasteiger partial charge in [-0.3, -0.25) is 0 Å². The van der Waals surface area contributed by atoms with Gasteiger partial charge in [-0.05, 0) is 38.6 Å². The first-order valence-electron chi connectivity index (χ1n) is 5.48. The van der Waals surface area contributed by atoms with Gasteiger partial charge in [-0.1, -0.05) is 18.5 Å². The van der Waals surface area contributed by atoms with Crippen LogP contribution in [0, 0.1) is 13.8 Å². The third-order valence-electron chi connectivity index (χ3n) is 2.79. The normalized spacial score (nSPS) is 10.9. The molecule has 0 radical (unpaired) electrons. The minimum absolute atomic E-state index is 0.480. The summed E-state index contributed by atoms with van der Waals surface area (Å²) in [5, 5.41) is 11.7. The molecular weight excluding hydrogens is 224 g/mol. The maximum Gasteiger partial charge on any atom is 0.155 e. The van der Waals surface area contributed by atoms with Crippen molar-refractivity contribution in [2.24, 2.45) is 0 Å². The molecule has 0 aromatic carbocycles. The number of likely N-dealkylation sites (N-methyl/N-ethyl adjacent to an activating group) is 1. The van der Waals surface area contributed by atoms with Gasteiger partial charge in [-0.25, -0.2) is 0 Å². The van der Waals surface area contributed by atoms with Gasteiger partial charge in [0, 0.05) is 13.1 Å². The van der Waals surface area contributed by atoms with Gasteiger partial charge in [-0.2, -0.15) is 0 Å². The number of nitrogens with one attached hydrogen (secondary N) is 1. The number of hydrogen-bond acceptors (Lipinski definition) is 4. The zero-order valence-electron chi connectivity index (χ0n) is 10.3. The Morgan fingerprint density at radius 2 is 1.94 bits per heavy atom. The van der Waals surface area contributed by atoms with E-state index in [-0.39, 0.29) is 0 Å². The zero-order chi connectivity index (χ0) is 12.1. The van der Waals surface area contributed by atoms with Gasteiger partial charge in [0.2, 0.25) is 0 Å². The fraction of sp³-hybridized carbons (Fsp3) is 0.636. The smallest absolute Gasteiger partial charge is 0.155 e. The van der Waals surface area contributed by atoms with Crippen molar-refractivity contribution in [2.45, 2.75) is 20.8 Å². The van der Waals surface area contributed by atoms with Crippen molar-refractivity contribution in [1.82, 2.24) is 15.1 Å². The Balaban J connectivity index is 2.58. The van der Waals surface area contributed by atoms with Crippen LogP contribution in [0.1, 0.15) is 18.1 Å². The van der Waals surface area contributed by atoms with E-state index < -0.39 is 0 Å². The first-order chi connectivity index (χ1) is 7.56. The van der Waals surface area contributed by atoms with E-state index in [1.54, 1.807) is 0 Å². The largest absolute Gasteiger partial charge is 0.367 e. The van der Waals surface area contributed by atoms with E-state index in [1.165, 1.54) is 0 Å². The van der Waals surface area contributed by atoms with Gasteiger partial charge in [0.05, 0.1) is 0 Å². The van der Waals surface area contributed by atoms with Crippen LogP contribution in [0.15, 0.2) is 0 Å². The molecule has 16 heavy (non-hydrogen) atoms. The number of halogens is 1. The predicted molar refractivity (Wildman–Crippen MR) is 68.2 cm³/mol. The van der Waals surface area contributed by atoms with E-state index in [4.69, 9.17) is 11.6 Å². The molecule has 0 saturated heterocycles. The van der Waals surface area contributed by atoms with Gasteiger partial charge >= 0.3 is 0 Å². The quantitative estimate of drug-likeness (QED) is 0.859. The topological polar surface area (TPSA) is 41.0 Å². The van der Waals surface area contributed by atoms with Crippen molar-refractivity contribution in [1.29, 1.82) is 0 Å². The molecule has 1 N–H and O–H groups in total. The monoisotopic (exact) mass is 242 g/mol. The molecule has 0 amide bonds. The summed E-state index contributed by atoms with van der Waals surface area (Å²) < 4.78 is 0. The lowest BCUT2D eigenvalue weighted by atomic mass is 10.2. The van der Waals surface area contributed by atoms with Gasteiger partial charge in [-0.15, -0.1) is 10.2 Å². The lowest BCUT2D eigenvalue weighted by Crippen LogP contribution is -2.25. The second kappa shape index (κ2) is 6.01. The second-order valence-electron chi connectivity index (χ2n) is 3.91. The molecule has 5 heteroatoms. The molecule has 0 bridgehead atoms. The molecule has 0 unspecified atom stereocenters. The molecule has 1 aromatic heterocycles. The molecule has 0 aliphatic carbocycles. The summed E-state index contributed by atoms with van der Waals surface area (Å²) in [6.45, 7) is 8.99. The summed E-state index contributed by atoms with van der Waals surface area (Å²) in [6, 6.07) is 0. The van der Waals surface area contributed by atoms with Crippen molar-refractivity contribution in [3.8, 4) is 0 Å². The molecular formula is C11H19ClN4. The number of aromatic nitrogens is 2. The molecule has 0 fully saturated rings. The summed E-state index contributed by atoms with van der Waals surface area (Å²) in [5.74, 6) is 0.825. The summed E-state index contributed by atoms with van der Waals surface area (Å²) in [7, 11) is 2.09. The van der Waals surface area contributed by atoms with Crippen LogP contribution in [0.4, 0.5) is 5.82 Å². The highest BCUT2D eigenvalue weighted by Crippen LogP contribution is 2.20. The van der Waals surface area contributed by atoms with Crippen molar-refractivity contribution >= 4 is 17.4 Å². The molecule has 0 spiro atoms. The third-order valence-corrected chi connectivity index (χ3v) is 3.15. The zero-order valence-corrected chi connectivity index (χ0v) is 11.1. The average Bonchev–Trinajstić information content (AvgIpc) is 2.29. The summed E-state index contributed by atoms with van der Waals surface area (Å²) in [4.78, 5) is 2.23. The Hall–Kier alpha value is -0.870. The lowest BCUT2D eigenvalue weighted by Gasteiger charge is -2.15. The first-order valence-corrected chi connectivity index (χ1v) is 5.85. The lowest BCUT2D eigenvalue weighted by molar-refractivity contribution is 0.367. The van der Waals surface area contributed by atoms with Crippen molar-refractivity contribution in [2.75, 3.05) is 32.0 Å². The average molecular weight is 243 g/mol. The standard InChI is InChI=1S/C11H19ClN4/c1-5-16(4)7-6-13-11-9(3)8(2)10(12)14-15-11/h5-7H2,1-4H3,(H,13,15). The fourth-order valence-electron chi connectivity index (χ4n) is 1.27. The van der Waals surface area contributed by atoms with Crippen molar-refractivity contribution in [3.05, 3.63) is 16.3 Å². The highest BCUT2D eigenvalue weighted by Gasteiger charge is 2.07. The minimum atomic E-state index is 0.480. The summed E-state index contributed by atoms with van der Waals surface area (Å²) >= 11 is 5.88. The Morgan fingerprint density at radius 1 is 1.25 bits per heavy atom. The maximum absolute atomic E-state index is 5.88. The van der Waals surface area contributed by atoms with Crippen LogP contribution in [-0.4, -0.2) is 41.8 Å². The van der Waals surface area contributed by atoms with Crippen LogP contribution in [0.3, 0.4) is 0 Å². The molecule has 1 aromatic rings. The van der Waals surface area contributed by atoms with Crippen molar-refractivity contribution < 1.29 is 0 Å². The molecule has 0 aliphatic rings. The molecule has 0 atom stereocenters. The van der Waals surface area contributed by atoms with E-state index in [0.29, 0.717) is 5.15 Å². The fourth-order valence-corrected chi connectivity index (χ4v) is 1.45. The van der Waals surface area contributed by atoms with Crippen molar-refractivity contribution in [3.63, 3.8) is 0 Å². The van der Waals surface area contributed by atoms with Crippen LogP contribution in [0.5, 0.6) is 0 Å². The van der Waals surface area contributed by atoms with Gasteiger partial charge in [0.15, 0.2) is 11.0 Å². The minimum Gasteiger partial charge on any atom is -0.367 e. The highest BCUT2D eigenvalue weighted by atomic mass is 35.5. The van der Waals surface area contributed by atoms with E-state index in [9.17, 15) is 0 Å². The number of hydrogen-bond donors (Lipinski definition) is 1. The van der Waals surface area contributed by atoms with Gasteiger partial charge in [0.1, 0.15) is 0 Å². The Labute approximate surface area is 102 Å². The van der Waals surface area contributed by atoms with Crippen LogP contribution in [0.25, 0.3) is 0 Å². The van der Waals surface area contributed by atoms with Crippen LogP contribution in [-0.2, 0) is 0 Å². The van der Waals surface area contributed by atoms with Crippen LogP contribution < -0.4 is 5.32 Å². The molecule has 4 nitrogen and oxygen atoms in total. The highest BCUT2D eigenvalue weighted by molar-refractivity contribution is 6.30. The van der Waals surface area contributed by atoms with E-state index >= 15 is 0 Å². The van der Waals surface area contributed by atoms with E-state index in [2.05, 4.69) is 34.4 Å².